The molecule has 6 nitrogen and oxygen atoms in total. The summed E-state index contributed by atoms with van der Waals surface area (Å²) >= 11 is 0. The predicted molar refractivity (Wildman–Crippen MR) is 89.1 cm³/mol. The molecule has 0 radical (unpaired) electrons. The Balaban J connectivity index is 2.01. The lowest BCUT2D eigenvalue weighted by Crippen LogP contribution is -2.49. The quantitative estimate of drug-likeness (QED) is 0.833. The molecule has 124 valence electrons. The fraction of sp³-hybridized carbons (Fsp3) is 0.471. The minimum absolute atomic E-state index is 0.114. The number of nitrogens with zero attached hydrogens (tertiary/aromatic N) is 1. The van der Waals surface area contributed by atoms with Crippen molar-refractivity contribution in [3.63, 3.8) is 0 Å². The number of nitrogens with one attached hydrogen (secondary N) is 2. The van der Waals surface area contributed by atoms with Gasteiger partial charge in [-0.25, -0.2) is 0 Å². The van der Waals surface area contributed by atoms with Gasteiger partial charge < -0.3 is 15.5 Å². The van der Waals surface area contributed by atoms with E-state index >= 15 is 0 Å². The second kappa shape index (κ2) is 6.40. The summed E-state index contributed by atoms with van der Waals surface area (Å²) in [6.07, 6.45) is 2.16. The number of carbonyl (C=O) groups excluding carboxylic acids is 3. The molecule has 0 aromatic heterocycles. The fourth-order valence-corrected chi connectivity index (χ4v) is 2.42. The second-order valence-electron chi connectivity index (χ2n) is 6.53. The molecule has 1 saturated carbocycles. The second-order valence-corrected chi connectivity index (χ2v) is 6.53. The number of carbonyl (C=O) groups is 3. The van der Waals surface area contributed by atoms with Crippen molar-refractivity contribution in [1.82, 2.24) is 5.32 Å². The van der Waals surface area contributed by atoms with Crippen LogP contribution in [-0.2, 0) is 14.4 Å². The normalized spacial score (nSPS) is 14.1. The van der Waals surface area contributed by atoms with Gasteiger partial charge in [-0.15, -0.1) is 0 Å². The molecule has 0 saturated heterocycles. The Hall–Kier alpha value is -2.37. The standard InChI is InChI=1S/C17H23N3O3/c1-11(21)20(4)14-7-5-6-13(10-14)18-15(22)16(23)19-17(2,3)12-8-9-12/h5-7,10,12H,8-9H2,1-4H3,(H,18,22)(H,19,23). The van der Waals surface area contributed by atoms with Crippen LogP contribution in [-0.4, -0.2) is 30.3 Å². The average Bonchev–Trinajstić information content (AvgIpc) is 3.31. The van der Waals surface area contributed by atoms with Gasteiger partial charge in [-0.2, -0.15) is 0 Å². The van der Waals surface area contributed by atoms with E-state index in [1.165, 1.54) is 11.8 Å². The van der Waals surface area contributed by atoms with Crippen molar-refractivity contribution in [2.24, 2.45) is 5.92 Å². The highest BCUT2D eigenvalue weighted by atomic mass is 16.2. The van der Waals surface area contributed by atoms with E-state index in [4.69, 9.17) is 0 Å². The van der Waals surface area contributed by atoms with Crippen molar-refractivity contribution in [3.8, 4) is 0 Å². The topological polar surface area (TPSA) is 78.5 Å². The van der Waals surface area contributed by atoms with Crippen molar-refractivity contribution in [3.05, 3.63) is 24.3 Å². The summed E-state index contributed by atoms with van der Waals surface area (Å²) < 4.78 is 0. The molecule has 1 fully saturated rings. The molecule has 1 aliphatic rings. The average molecular weight is 317 g/mol. The van der Waals surface area contributed by atoms with Crippen LogP contribution < -0.4 is 15.5 Å². The van der Waals surface area contributed by atoms with Gasteiger partial charge in [0.1, 0.15) is 0 Å². The maximum atomic E-state index is 12.0. The Morgan fingerprint density at radius 2 is 1.83 bits per heavy atom. The molecular weight excluding hydrogens is 294 g/mol. The highest BCUT2D eigenvalue weighted by molar-refractivity contribution is 6.39. The first-order valence-corrected chi connectivity index (χ1v) is 7.68. The van der Waals surface area contributed by atoms with E-state index < -0.39 is 11.8 Å². The van der Waals surface area contributed by atoms with Gasteiger partial charge >= 0.3 is 11.8 Å². The van der Waals surface area contributed by atoms with E-state index in [-0.39, 0.29) is 11.4 Å². The predicted octanol–water partition coefficient (Wildman–Crippen LogP) is 1.91. The van der Waals surface area contributed by atoms with Crippen molar-refractivity contribution in [2.45, 2.75) is 39.2 Å². The number of hydrogen-bond donors (Lipinski definition) is 2. The van der Waals surface area contributed by atoms with Crippen LogP contribution in [0, 0.1) is 5.92 Å². The Morgan fingerprint density at radius 1 is 1.17 bits per heavy atom. The summed E-state index contributed by atoms with van der Waals surface area (Å²) in [7, 11) is 1.65. The van der Waals surface area contributed by atoms with E-state index in [1.807, 2.05) is 13.8 Å². The monoisotopic (exact) mass is 317 g/mol. The van der Waals surface area contributed by atoms with Gasteiger partial charge in [0, 0.05) is 30.9 Å². The lowest BCUT2D eigenvalue weighted by molar-refractivity contribution is -0.137. The molecule has 0 bridgehead atoms. The third kappa shape index (κ3) is 4.31. The van der Waals surface area contributed by atoms with Gasteiger partial charge in [-0.1, -0.05) is 6.07 Å². The molecular formula is C17H23N3O3. The summed E-state index contributed by atoms with van der Waals surface area (Å²) in [4.78, 5) is 36.9. The molecule has 0 atom stereocenters. The first kappa shape index (κ1) is 17.0. The molecule has 0 heterocycles. The molecule has 1 aromatic rings. The minimum Gasteiger partial charge on any atom is -0.343 e. The third-order valence-corrected chi connectivity index (χ3v) is 4.20. The van der Waals surface area contributed by atoms with Crippen LogP contribution in [0.3, 0.4) is 0 Å². The summed E-state index contributed by atoms with van der Waals surface area (Å²) in [6.45, 7) is 5.31. The molecule has 0 spiro atoms. The molecule has 0 unspecified atom stereocenters. The smallest absolute Gasteiger partial charge is 0.313 e. The summed E-state index contributed by atoms with van der Waals surface area (Å²) in [5.41, 5.74) is 0.750. The molecule has 1 aromatic carbocycles. The zero-order valence-electron chi connectivity index (χ0n) is 14.0. The van der Waals surface area contributed by atoms with Gasteiger partial charge in [-0.05, 0) is 50.8 Å². The first-order chi connectivity index (χ1) is 10.7. The van der Waals surface area contributed by atoms with Gasteiger partial charge in [0.15, 0.2) is 0 Å². The largest absolute Gasteiger partial charge is 0.343 e. The Kier molecular flexibility index (Phi) is 4.73. The lowest BCUT2D eigenvalue weighted by atomic mass is 9.99. The van der Waals surface area contributed by atoms with E-state index in [2.05, 4.69) is 10.6 Å². The number of anilines is 2. The number of hydrogen-bond acceptors (Lipinski definition) is 3. The lowest BCUT2D eigenvalue weighted by Gasteiger charge is -2.25. The maximum Gasteiger partial charge on any atom is 0.313 e. The Bertz CT molecular complexity index is 636. The van der Waals surface area contributed by atoms with Gasteiger partial charge in [0.2, 0.25) is 5.91 Å². The highest BCUT2D eigenvalue weighted by Crippen LogP contribution is 2.39. The number of rotatable bonds is 4. The first-order valence-electron chi connectivity index (χ1n) is 7.68. The number of benzene rings is 1. The molecule has 2 N–H and O–H groups in total. The molecule has 6 heteroatoms. The molecule has 0 aliphatic heterocycles. The molecule has 3 amide bonds. The van der Waals surface area contributed by atoms with Crippen molar-refractivity contribution in [2.75, 3.05) is 17.3 Å². The molecule has 23 heavy (non-hydrogen) atoms. The van der Waals surface area contributed by atoms with Gasteiger partial charge in [-0.3, -0.25) is 14.4 Å². The van der Waals surface area contributed by atoms with Crippen molar-refractivity contribution < 1.29 is 14.4 Å². The van der Waals surface area contributed by atoms with Crippen LogP contribution in [0.4, 0.5) is 11.4 Å². The molecule has 2 rings (SSSR count). The van der Waals surface area contributed by atoms with Crippen molar-refractivity contribution >= 4 is 29.1 Å². The summed E-state index contributed by atoms with van der Waals surface area (Å²) in [6, 6.07) is 6.80. The highest BCUT2D eigenvalue weighted by Gasteiger charge is 2.39. The Labute approximate surface area is 136 Å². The zero-order chi connectivity index (χ0) is 17.2. The van der Waals surface area contributed by atoms with Crippen LogP contribution in [0.15, 0.2) is 24.3 Å². The van der Waals surface area contributed by atoms with Crippen LogP contribution >= 0.6 is 0 Å². The van der Waals surface area contributed by atoms with E-state index in [1.54, 1.807) is 31.3 Å². The van der Waals surface area contributed by atoms with Crippen LogP contribution in [0.25, 0.3) is 0 Å². The van der Waals surface area contributed by atoms with E-state index in [0.29, 0.717) is 17.3 Å². The Morgan fingerprint density at radius 3 is 2.39 bits per heavy atom. The number of amides is 3. The summed E-state index contributed by atoms with van der Waals surface area (Å²) in [5, 5.41) is 5.35. The van der Waals surface area contributed by atoms with Crippen molar-refractivity contribution in [1.29, 1.82) is 0 Å². The SMILES string of the molecule is CC(=O)N(C)c1cccc(NC(=O)C(=O)NC(C)(C)C2CC2)c1. The van der Waals surface area contributed by atoms with E-state index in [0.717, 1.165) is 12.8 Å². The fourth-order valence-electron chi connectivity index (χ4n) is 2.42. The van der Waals surface area contributed by atoms with Crippen LogP contribution in [0.5, 0.6) is 0 Å². The van der Waals surface area contributed by atoms with Gasteiger partial charge in [0.25, 0.3) is 0 Å². The van der Waals surface area contributed by atoms with Gasteiger partial charge in [0.05, 0.1) is 0 Å². The third-order valence-electron chi connectivity index (χ3n) is 4.20. The van der Waals surface area contributed by atoms with Crippen LogP contribution in [0.2, 0.25) is 0 Å². The maximum absolute atomic E-state index is 12.0. The minimum atomic E-state index is -0.707. The molecule has 1 aliphatic carbocycles. The van der Waals surface area contributed by atoms with E-state index in [9.17, 15) is 14.4 Å². The summed E-state index contributed by atoms with van der Waals surface area (Å²) in [5.74, 6) is -1.03. The van der Waals surface area contributed by atoms with Crippen LogP contribution in [0.1, 0.15) is 33.6 Å². The zero-order valence-corrected chi connectivity index (χ0v) is 14.0.